The molecule has 0 fully saturated rings. The first kappa shape index (κ1) is 14.8. The summed E-state index contributed by atoms with van der Waals surface area (Å²) < 4.78 is 5.06. The van der Waals surface area contributed by atoms with Crippen molar-refractivity contribution < 1.29 is 14.3 Å². The van der Waals surface area contributed by atoms with Crippen LogP contribution in [0.2, 0.25) is 0 Å². The number of anilines is 2. The van der Waals surface area contributed by atoms with Crippen LogP contribution in [0.25, 0.3) is 0 Å². The molecule has 19 heavy (non-hydrogen) atoms. The molecule has 0 atom stereocenters. The predicted molar refractivity (Wildman–Crippen MR) is 74.1 cm³/mol. The van der Waals surface area contributed by atoms with Crippen LogP contribution in [0.4, 0.5) is 11.4 Å². The summed E-state index contributed by atoms with van der Waals surface area (Å²) in [6.45, 7) is 0.0418. The van der Waals surface area contributed by atoms with E-state index < -0.39 is 5.97 Å². The van der Waals surface area contributed by atoms with Gasteiger partial charge in [-0.05, 0) is 18.2 Å². The molecule has 0 saturated carbocycles. The van der Waals surface area contributed by atoms with Crippen molar-refractivity contribution in [3.05, 3.63) is 23.8 Å². The maximum absolute atomic E-state index is 12.0. The van der Waals surface area contributed by atoms with Gasteiger partial charge < -0.3 is 20.7 Å². The van der Waals surface area contributed by atoms with Gasteiger partial charge in [0.2, 0.25) is 5.91 Å². The van der Waals surface area contributed by atoms with Crippen LogP contribution >= 0.6 is 0 Å². The molecule has 104 valence electrons. The summed E-state index contributed by atoms with van der Waals surface area (Å²) >= 11 is 0. The third-order valence-electron chi connectivity index (χ3n) is 2.56. The lowest BCUT2D eigenvalue weighted by atomic mass is 10.1. The number of hydrogen-bond acceptors (Lipinski definition) is 5. The van der Waals surface area contributed by atoms with Crippen molar-refractivity contribution in [3.8, 4) is 0 Å². The minimum Gasteiger partial charge on any atom is -0.461 e. The van der Waals surface area contributed by atoms with E-state index in [1.165, 1.54) is 7.05 Å². The quantitative estimate of drug-likeness (QED) is 0.602. The number of carbonyl (C=O) groups is 2. The number of amides is 1. The van der Waals surface area contributed by atoms with E-state index in [1.54, 1.807) is 23.1 Å². The molecular weight excluding hydrogens is 246 g/mol. The first-order chi connectivity index (χ1) is 8.95. The number of benzene rings is 1. The molecule has 0 aliphatic carbocycles. The van der Waals surface area contributed by atoms with E-state index in [9.17, 15) is 9.59 Å². The molecule has 1 rings (SSSR count). The predicted octanol–water partition coefficient (Wildman–Crippen LogP) is 0.628. The Morgan fingerprint density at radius 1 is 1.37 bits per heavy atom. The molecule has 1 aromatic carbocycles. The van der Waals surface area contributed by atoms with Gasteiger partial charge in [0, 0.05) is 26.8 Å². The first-order valence-corrected chi connectivity index (χ1v) is 5.90. The third kappa shape index (κ3) is 4.17. The van der Waals surface area contributed by atoms with Crippen LogP contribution in [0, 0.1) is 0 Å². The summed E-state index contributed by atoms with van der Waals surface area (Å²) in [5.74, 6) is -0.659. The number of hydrogen-bond donors (Lipinski definition) is 2. The Hall–Kier alpha value is -2.24. The molecule has 0 aromatic heterocycles. The Balaban J connectivity index is 2.75. The second-order valence-corrected chi connectivity index (χ2v) is 4.23. The second kappa shape index (κ2) is 6.63. The number of nitrogen functional groups attached to an aromatic ring is 1. The van der Waals surface area contributed by atoms with Crippen LogP contribution in [0.15, 0.2) is 18.2 Å². The molecule has 0 aliphatic heterocycles. The fourth-order valence-corrected chi connectivity index (χ4v) is 1.55. The number of nitrogens with one attached hydrogen (secondary N) is 1. The molecule has 0 unspecified atom stereocenters. The summed E-state index contributed by atoms with van der Waals surface area (Å²) in [5.41, 5.74) is 7.28. The Morgan fingerprint density at radius 3 is 2.63 bits per heavy atom. The van der Waals surface area contributed by atoms with E-state index in [0.717, 1.165) is 5.69 Å². The van der Waals surface area contributed by atoms with Crippen molar-refractivity contribution in [2.75, 3.05) is 38.4 Å². The average Bonchev–Trinajstić information content (AvgIpc) is 2.37. The Kier molecular flexibility index (Phi) is 5.17. The molecule has 1 aromatic rings. The van der Waals surface area contributed by atoms with Gasteiger partial charge >= 0.3 is 5.97 Å². The molecule has 0 radical (unpaired) electrons. The Morgan fingerprint density at radius 2 is 2.05 bits per heavy atom. The second-order valence-electron chi connectivity index (χ2n) is 4.23. The van der Waals surface area contributed by atoms with E-state index in [-0.39, 0.29) is 18.9 Å². The van der Waals surface area contributed by atoms with Gasteiger partial charge in [0.1, 0.15) is 6.61 Å². The zero-order chi connectivity index (χ0) is 14.4. The minimum atomic E-state index is -0.486. The lowest BCUT2D eigenvalue weighted by Crippen LogP contribution is -2.21. The maximum Gasteiger partial charge on any atom is 0.340 e. The number of nitrogens with zero attached hydrogens (tertiary/aromatic N) is 1. The zero-order valence-electron chi connectivity index (χ0n) is 11.4. The lowest BCUT2D eigenvalue weighted by molar-refractivity contribution is -0.121. The molecule has 6 heteroatoms. The molecule has 0 spiro atoms. The van der Waals surface area contributed by atoms with Gasteiger partial charge in [-0.3, -0.25) is 4.79 Å². The smallest absolute Gasteiger partial charge is 0.340 e. The topological polar surface area (TPSA) is 84.7 Å². The van der Waals surface area contributed by atoms with Gasteiger partial charge in [0.25, 0.3) is 0 Å². The Bertz CT molecular complexity index is 472. The average molecular weight is 265 g/mol. The number of nitrogens with two attached hydrogens (primary N) is 1. The molecule has 0 aliphatic rings. The van der Waals surface area contributed by atoms with Crippen molar-refractivity contribution >= 4 is 23.3 Å². The van der Waals surface area contributed by atoms with Crippen LogP contribution in [-0.2, 0) is 9.53 Å². The summed E-state index contributed by atoms with van der Waals surface area (Å²) in [6.07, 6.45) is 0.141. The number of ether oxygens (including phenoxy) is 1. The van der Waals surface area contributed by atoms with Crippen molar-refractivity contribution in [1.29, 1.82) is 0 Å². The van der Waals surface area contributed by atoms with Gasteiger partial charge in [-0.2, -0.15) is 0 Å². The monoisotopic (exact) mass is 265 g/mol. The fourth-order valence-electron chi connectivity index (χ4n) is 1.55. The molecular formula is C13H19N3O3. The SMILES string of the molecule is CNC(=O)CCOC(=O)c1cc(N)ccc1N(C)C. The van der Waals surface area contributed by atoms with Gasteiger partial charge in [-0.1, -0.05) is 0 Å². The summed E-state index contributed by atoms with van der Waals surface area (Å²) in [5, 5.41) is 2.46. The summed E-state index contributed by atoms with van der Waals surface area (Å²) in [7, 11) is 5.19. The van der Waals surface area contributed by atoms with Crippen LogP contribution in [0.1, 0.15) is 16.8 Å². The normalized spacial score (nSPS) is 9.84. The number of esters is 1. The third-order valence-corrected chi connectivity index (χ3v) is 2.56. The number of rotatable bonds is 5. The van der Waals surface area contributed by atoms with Crippen LogP contribution in [-0.4, -0.2) is 39.6 Å². The highest BCUT2D eigenvalue weighted by Gasteiger charge is 2.15. The Labute approximate surface area is 112 Å². The highest BCUT2D eigenvalue weighted by Crippen LogP contribution is 2.22. The van der Waals surface area contributed by atoms with E-state index >= 15 is 0 Å². The van der Waals surface area contributed by atoms with E-state index in [4.69, 9.17) is 10.5 Å². The van der Waals surface area contributed by atoms with Crippen molar-refractivity contribution in [1.82, 2.24) is 5.32 Å². The lowest BCUT2D eigenvalue weighted by Gasteiger charge is -2.17. The highest BCUT2D eigenvalue weighted by molar-refractivity contribution is 5.97. The molecule has 0 bridgehead atoms. The summed E-state index contributed by atoms with van der Waals surface area (Å²) in [6, 6.07) is 5.04. The maximum atomic E-state index is 12.0. The molecule has 0 saturated heterocycles. The number of carbonyl (C=O) groups excluding carboxylic acids is 2. The molecule has 3 N–H and O–H groups in total. The van der Waals surface area contributed by atoms with Crippen LogP contribution in [0.5, 0.6) is 0 Å². The minimum absolute atomic E-state index is 0.0418. The van der Waals surface area contributed by atoms with Gasteiger partial charge in [0.05, 0.1) is 17.7 Å². The van der Waals surface area contributed by atoms with Crippen molar-refractivity contribution in [3.63, 3.8) is 0 Å². The molecule has 6 nitrogen and oxygen atoms in total. The summed E-state index contributed by atoms with van der Waals surface area (Å²) in [4.78, 5) is 24.8. The van der Waals surface area contributed by atoms with Gasteiger partial charge in [0.15, 0.2) is 0 Å². The van der Waals surface area contributed by atoms with Crippen LogP contribution in [0.3, 0.4) is 0 Å². The van der Waals surface area contributed by atoms with E-state index in [2.05, 4.69) is 5.32 Å². The zero-order valence-corrected chi connectivity index (χ0v) is 11.4. The highest BCUT2D eigenvalue weighted by atomic mass is 16.5. The largest absolute Gasteiger partial charge is 0.461 e. The first-order valence-electron chi connectivity index (χ1n) is 5.90. The standard InChI is InChI=1S/C13H19N3O3/c1-15-12(17)6-7-19-13(18)10-8-9(14)4-5-11(10)16(2)3/h4-5,8H,6-7,14H2,1-3H3,(H,15,17). The van der Waals surface area contributed by atoms with Gasteiger partial charge in [-0.15, -0.1) is 0 Å². The van der Waals surface area contributed by atoms with E-state index in [1.807, 2.05) is 14.1 Å². The van der Waals surface area contributed by atoms with Crippen LogP contribution < -0.4 is 16.0 Å². The van der Waals surface area contributed by atoms with Gasteiger partial charge in [-0.25, -0.2) is 4.79 Å². The molecule has 0 heterocycles. The van der Waals surface area contributed by atoms with Crippen molar-refractivity contribution in [2.45, 2.75) is 6.42 Å². The fraction of sp³-hybridized carbons (Fsp3) is 0.385. The van der Waals surface area contributed by atoms with E-state index in [0.29, 0.717) is 11.3 Å². The molecule has 1 amide bonds. The van der Waals surface area contributed by atoms with Crippen molar-refractivity contribution in [2.24, 2.45) is 0 Å².